The van der Waals surface area contributed by atoms with E-state index in [-0.39, 0.29) is 0 Å². The minimum absolute atomic E-state index is 0.329. The maximum absolute atomic E-state index is 12.2. The van der Waals surface area contributed by atoms with Gasteiger partial charge >= 0.3 is 0 Å². The summed E-state index contributed by atoms with van der Waals surface area (Å²) < 4.78 is 5.02. The zero-order chi connectivity index (χ0) is 13.0. The molecular formula is C14H26N2O2. The van der Waals surface area contributed by atoms with Crippen LogP contribution < -0.4 is 0 Å². The van der Waals surface area contributed by atoms with Crippen molar-refractivity contribution in [2.24, 2.45) is 0 Å². The lowest BCUT2D eigenvalue weighted by Gasteiger charge is -2.33. The molecule has 2 fully saturated rings. The lowest BCUT2D eigenvalue weighted by Crippen LogP contribution is -2.47. The van der Waals surface area contributed by atoms with Crippen LogP contribution in [0.5, 0.6) is 0 Å². The maximum atomic E-state index is 12.2. The molecule has 2 rings (SSSR count). The summed E-state index contributed by atoms with van der Waals surface area (Å²) in [7, 11) is 3.89. The summed E-state index contributed by atoms with van der Waals surface area (Å²) >= 11 is 0. The topological polar surface area (TPSA) is 32.8 Å². The van der Waals surface area contributed by atoms with Crippen molar-refractivity contribution in [3.63, 3.8) is 0 Å². The van der Waals surface area contributed by atoms with Crippen LogP contribution in [-0.4, -0.2) is 61.6 Å². The monoisotopic (exact) mass is 254 g/mol. The average molecular weight is 254 g/mol. The zero-order valence-electron chi connectivity index (χ0n) is 11.7. The first kappa shape index (κ1) is 13.8. The van der Waals surface area contributed by atoms with Gasteiger partial charge in [0.05, 0.1) is 0 Å². The Morgan fingerprint density at radius 3 is 2.61 bits per heavy atom. The normalized spacial score (nSPS) is 29.1. The van der Waals surface area contributed by atoms with Crippen molar-refractivity contribution in [3.05, 3.63) is 0 Å². The van der Waals surface area contributed by atoms with Crippen LogP contribution in [0.4, 0.5) is 0 Å². The van der Waals surface area contributed by atoms with Crippen LogP contribution >= 0.6 is 0 Å². The van der Waals surface area contributed by atoms with Crippen LogP contribution in [0.1, 0.15) is 38.5 Å². The van der Waals surface area contributed by atoms with Crippen molar-refractivity contribution in [1.29, 1.82) is 0 Å². The number of methoxy groups -OCH3 is 1. The Bertz CT molecular complexity index is 283. The van der Waals surface area contributed by atoms with Gasteiger partial charge in [0.25, 0.3) is 0 Å². The van der Waals surface area contributed by atoms with E-state index in [9.17, 15) is 4.79 Å². The first-order chi connectivity index (χ1) is 8.74. The van der Waals surface area contributed by atoms with Crippen molar-refractivity contribution in [3.8, 4) is 0 Å². The number of carbonyl (C=O) groups excluding carboxylic acids is 1. The minimum atomic E-state index is 0.329. The van der Waals surface area contributed by atoms with Gasteiger partial charge in [-0.2, -0.15) is 0 Å². The molecule has 2 aliphatic rings. The SMILES string of the molecule is COCCCC(=O)N1CCC[C@H]1[C@@H]1CCCN1C. The van der Waals surface area contributed by atoms with E-state index in [2.05, 4.69) is 16.8 Å². The maximum Gasteiger partial charge on any atom is 0.222 e. The van der Waals surface area contributed by atoms with E-state index in [0.29, 0.717) is 31.0 Å². The highest BCUT2D eigenvalue weighted by Crippen LogP contribution is 2.29. The summed E-state index contributed by atoms with van der Waals surface area (Å²) in [5, 5.41) is 0. The molecule has 0 aromatic carbocycles. The predicted molar refractivity (Wildman–Crippen MR) is 71.5 cm³/mol. The van der Waals surface area contributed by atoms with E-state index in [1.165, 1.54) is 32.2 Å². The molecule has 0 aromatic heterocycles. The first-order valence-corrected chi connectivity index (χ1v) is 7.22. The van der Waals surface area contributed by atoms with E-state index in [1.807, 2.05) is 0 Å². The summed E-state index contributed by atoms with van der Waals surface area (Å²) in [6, 6.07) is 1.06. The number of likely N-dealkylation sites (tertiary alicyclic amines) is 2. The molecule has 2 heterocycles. The Hall–Kier alpha value is -0.610. The van der Waals surface area contributed by atoms with Crippen LogP contribution in [0, 0.1) is 0 Å². The Morgan fingerprint density at radius 1 is 1.22 bits per heavy atom. The number of carbonyl (C=O) groups is 1. The molecule has 4 heteroatoms. The van der Waals surface area contributed by atoms with Gasteiger partial charge in [0, 0.05) is 38.8 Å². The van der Waals surface area contributed by atoms with Gasteiger partial charge in [-0.25, -0.2) is 0 Å². The summed E-state index contributed by atoms with van der Waals surface area (Å²) in [6.45, 7) is 2.83. The molecule has 0 aliphatic carbocycles. The van der Waals surface area contributed by atoms with E-state index in [4.69, 9.17) is 4.74 Å². The van der Waals surface area contributed by atoms with Gasteiger partial charge in [0.1, 0.15) is 0 Å². The van der Waals surface area contributed by atoms with E-state index < -0.39 is 0 Å². The number of amides is 1. The summed E-state index contributed by atoms with van der Waals surface area (Å²) in [6.07, 6.45) is 6.38. The van der Waals surface area contributed by atoms with Crippen molar-refractivity contribution < 1.29 is 9.53 Å². The minimum Gasteiger partial charge on any atom is -0.385 e. The summed E-state index contributed by atoms with van der Waals surface area (Å²) in [5.41, 5.74) is 0. The van der Waals surface area contributed by atoms with Gasteiger partial charge in [-0.05, 0) is 45.7 Å². The van der Waals surface area contributed by atoms with Crippen LogP contribution in [0.2, 0.25) is 0 Å². The third-order valence-corrected chi connectivity index (χ3v) is 4.38. The van der Waals surface area contributed by atoms with Crippen molar-refractivity contribution >= 4 is 5.91 Å². The van der Waals surface area contributed by atoms with E-state index in [1.54, 1.807) is 7.11 Å². The number of hydrogen-bond donors (Lipinski definition) is 0. The van der Waals surface area contributed by atoms with Crippen LogP contribution in [0.25, 0.3) is 0 Å². The number of hydrogen-bond acceptors (Lipinski definition) is 3. The molecule has 0 aromatic rings. The number of ether oxygens (including phenoxy) is 1. The average Bonchev–Trinajstić information content (AvgIpc) is 2.97. The number of rotatable bonds is 5. The number of likely N-dealkylation sites (N-methyl/N-ethyl adjacent to an activating group) is 1. The Kier molecular flexibility index (Phi) is 5.01. The standard InChI is InChI=1S/C14H26N2O2/c1-15-9-3-6-12(15)13-7-4-10-16(13)14(17)8-5-11-18-2/h12-13H,3-11H2,1-2H3/t12-,13-/m0/s1. The molecule has 0 unspecified atom stereocenters. The van der Waals surface area contributed by atoms with Crippen molar-refractivity contribution in [2.75, 3.05) is 33.9 Å². The Balaban J connectivity index is 1.88. The summed E-state index contributed by atoms with van der Waals surface area (Å²) in [4.78, 5) is 16.8. The molecule has 4 nitrogen and oxygen atoms in total. The van der Waals surface area contributed by atoms with Gasteiger partial charge in [-0.1, -0.05) is 0 Å². The second-order valence-corrected chi connectivity index (χ2v) is 5.58. The fraction of sp³-hybridized carbons (Fsp3) is 0.929. The molecule has 2 atom stereocenters. The van der Waals surface area contributed by atoms with Gasteiger partial charge in [0.15, 0.2) is 0 Å². The van der Waals surface area contributed by atoms with Gasteiger partial charge in [0.2, 0.25) is 5.91 Å². The third-order valence-electron chi connectivity index (χ3n) is 4.38. The van der Waals surface area contributed by atoms with Crippen molar-refractivity contribution in [2.45, 2.75) is 50.6 Å². The smallest absolute Gasteiger partial charge is 0.222 e. The van der Waals surface area contributed by atoms with Crippen LogP contribution in [0.3, 0.4) is 0 Å². The zero-order valence-corrected chi connectivity index (χ0v) is 11.7. The summed E-state index contributed by atoms with van der Waals surface area (Å²) in [5.74, 6) is 0.329. The van der Waals surface area contributed by atoms with Crippen LogP contribution in [-0.2, 0) is 9.53 Å². The molecule has 104 valence electrons. The Morgan fingerprint density at radius 2 is 1.94 bits per heavy atom. The molecule has 0 N–H and O–H groups in total. The molecule has 0 saturated carbocycles. The van der Waals surface area contributed by atoms with Gasteiger partial charge < -0.3 is 14.5 Å². The largest absolute Gasteiger partial charge is 0.385 e. The fourth-order valence-electron chi connectivity index (χ4n) is 3.44. The molecule has 2 saturated heterocycles. The van der Waals surface area contributed by atoms with E-state index in [0.717, 1.165) is 13.0 Å². The number of nitrogens with zero attached hydrogens (tertiary/aromatic N) is 2. The molecule has 1 amide bonds. The molecule has 0 radical (unpaired) electrons. The highest BCUT2D eigenvalue weighted by Gasteiger charge is 2.37. The van der Waals surface area contributed by atoms with Crippen molar-refractivity contribution in [1.82, 2.24) is 9.80 Å². The lowest BCUT2D eigenvalue weighted by atomic mass is 10.0. The van der Waals surface area contributed by atoms with Crippen LogP contribution in [0.15, 0.2) is 0 Å². The second kappa shape index (κ2) is 6.53. The van der Waals surface area contributed by atoms with Gasteiger partial charge in [-0.15, -0.1) is 0 Å². The van der Waals surface area contributed by atoms with Gasteiger partial charge in [-0.3, -0.25) is 4.79 Å². The quantitative estimate of drug-likeness (QED) is 0.697. The lowest BCUT2D eigenvalue weighted by molar-refractivity contribution is -0.133. The molecule has 0 bridgehead atoms. The highest BCUT2D eigenvalue weighted by molar-refractivity contribution is 5.76. The highest BCUT2D eigenvalue weighted by atomic mass is 16.5. The predicted octanol–water partition coefficient (Wildman–Crippen LogP) is 1.50. The molecule has 2 aliphatic heterocycles. The third kappa shape index (κ3) is 3.04. The first-order valence-electron chi connectivity index (χ1n) is 7.22. The Labute approximate surface area is 110 Å². The molecular weight excluding hydrogens is 228 g/mol. The second-order valence-electron chi connectivity index (χ2n) is 5.58. The van der Waals surface area contributed by atoms with E-state index >= 15 is 0 Å². The molecule has 0 spiro atoms. The molecule has 18 heavy (non-hydrogen) atoms. The fourth-order valence-corrected chi connectivity index (χ4v) is 3.44.